The topological polar surface area (TPSA) is 61.0 Å². The number of nitrogens with zero attached hydrogens (tertiary/aromatic N) is 2. The first-order valence-corrected chi connectivity index (χ1v) is 6.52. The second kappa shape index (κ2) is 4.97. The van der Waals surface area contributed by atoms with Crippen molar-refractivity contribution < 1.29 is 17.9 Å². The molecule has 4 nitrogen and oxygen atoms in total. The van der Waals surface area contributed by atoms with Crippen LogP contribution < -0.4 is 10.5 Å². The van der Waals surface area contributed by atoms with Gasteiger partial charge in [0.1, 0.15) is 0 Å². The molecule has 2 N–H and O–H groups in total. The molecular formula is C10H7BrF3N3OS. The zero-order valence-electron chi connectivity index (χ0n) is 9.45. The Balaban J connectivity index is 2.30. The van der Waals surface area contributed by atoms with Crippen LogP contribution in [0.3, 0.4) is 0 Å². The number of rotatable bonds is 2. The molecule has 0 radical (unpaired) electrons. The lowest BCUT2D eigenvalue weighted by molar-refractivity contribution is -0.138. The van der Waals surface area contributed by atoms with Gasteiger partial charge >= 0.3 is 6.18 Å². The number of aromatic nitrogens is 2. The van der Waals surface area contributed by atoms with Gasteiger partial charge in [0, 0.05) is 4.47 Å². The number of nitrogens with two attached hydrogens (primary N) is 1. The average molecular weight is 354 g/mol. The van der Waals surface area contributed by atoms with Gasteiger partial charge in [0.05, 0.1) is 5.69 Å². The van der Waals surface area contributed by atoms with Crippen molar-refractivity contribution in [3.63, 3.8) is 0 Å². The molecule has 0 unspecified atom stereocenters. The van der Waals surface area contributed by atoms with Crippen LogP contribution in [0.15, 0.2) is 16.6 Å². The maximum Gasteiger partial charge on any atom is 0.445 e. The molecule has 2 rings (SSSR count). The minimum Gasteiger partial charge on any atom is -0.427 e. The molecule has 0 aliphatic carbocycles. The molecule has 0 atom stereocenters. The third-order valence-electron chi connectivity index (χ3n) is 2.11. The molecule has 0 aliphatic heterocycles. The zero-order chi connectivity index (χ0) is 14.2. The third-order valence-corrected chi connectivity index (χ3v) is 3.41. The molecule has 0 fully saturated rings. The highest BCUT2D eigenvalue weighted by molar-refractivity contribution is 9.10. The smallest absolute Gasteiger partial charge is 0.427 e. The lowest BCUT2D eigenvalue weighted by Crippen LogP contribution is -2.03. The number of halogens is 4. The van der Waals surface area contributed by atoms with Crippen LogP contribution in [0, 0.1) is 6.92 Å². The number of anilines is 1. The molecule has 1 aromatic heterocycles. The van der Waals surface area contributed by atoms with E-state index in [0.29, 0.717) is 22.6 Å². The quantitative estimate of drug-likeness (QED) is 0.828. The van der Waals surface area contributed by atoms with Crippen LogP contribution in [0.5, 0.6) is 10.9 Å². The summed E-state index contributed by atoms with van der Waals surface area (Å²) in [6.45, 7) is 1.72. The Morgan fingerprint density at radius 2 is 2.00 bits per heavy atom. The SMILES string of the molecule is Cc1cc(Br)cc(N)c1Oc1nnc(C(F)(F)F)s1. The van der Waals surface area contributed by atoms with Crippen LogP contribution in [0.25, 0.3) is 0 Å². The Bertz CT molecular complexity index is 591. The lowest BCUT2D eigenvalue weighted by Gasteiger charge is -2.09. The summed E-state index contributed by atoms with van der Waals surface area (Å²) < 4.78 is 43.1. The number of hydrogen-bond acceptors (Lipinski definition) is 5. The van der Waals surface area contributed by atoms with Gasteiger partial charge in [-0.05, 0) is 24.6 Å². The summed E-state index contributed by atoms with van der Waals surface area (Å²) in [5.74, 6) is 0.271. The van der Waals surface area contributed by atoms with E-state index in [0.717, 1.165) is 4.47 Å². The van der Waals surface area contributed by atoms with E-state index in [-0.39, 0.29) is 10.9 Å². The first-order valence-electron chi connectivity index (χ1n) is 4.91. The van der Waals surface area contributed by atoms with Gasteiger partial charge in [-0.1, -0.05) is 32.4 Å². The van der Waals surface area contributed by atoms with E-state index in [1.54, 1.807) is 19.1 Å². The van der Waals surface area contributed by atoms with Crippen molar-refractivity contribution in [2.24, 2.45) is 0 Å². The standard InChI is InChI=1S/C10H7BrF3N3OS/c1-4-2-5(11)3-6(15)7(4)18-9-17-16-8(19-9)10(12,13)14/h2-3H,15H2,1H3. The highest BCUT2D eigenvalue weighted by atomic mass is 79.9. The van der Waals surface area contributed by atoms with Crippen molar-refractivity contribution in [2.75, 3.05) is 5.73 Å². The van der Waals surface area contributed by atoms with Crippen LogP contribution in [0.1, 0.15) is 10.6 Å². The van der Waals surface area contributed by atoms with Crippen molar-refractivity contribution in [1.82, 2.24) is 10.2 Å². The zero-order valence-corrected chi connectivity index (χ0v) is 11.9. The van der Waals surface area contributed by atoms with Crippen LogP contribution in [0.2, 0.25) is 0 Å². The fraction of sp³-hybridized carbons (Fsp3) is 0.200. The first-order chi connectivity index (χ1) is 8.77. The Hall–Kier alpha value is -1.35. The third kappa shape index (κ3) is 3.16. The minimum atomic E-state index is -4.53. The van der Waals surface area contributed by atoms with Crippen molar-refractivity contribution in [3.8, 4) is 10.9 Å². The van der Waals surface area contributed by atoms with Crippen molar-refractivity contribution in [2.45, 2.75) is 13.1 Å². The summed E-state index contributed by atoms with van der Waals surface area (Å²) in [7, 11) is 0. The summed E-state index contributed by atoms with van der Waals surface area (Å²) in [6.07, 6.45) is -4.53. The van der Waals surface area contributed by atoms with Gasteiger partial charge in [0.25, 0.3) is 5.19 Å². The molecule has 0 spiro atoms. The van der Waals surface area contributed by atoms with E-state index >= 15 is 0 Å². The predicted octanol–water partition coefficient (Wildman–Crippen LogP) is 4.00. The second-order valence-electron chi connectivity index (χ2n) is 3.61. The molecule has 0 bridgehead atoms. The fourth-order valence-corrected chi connectivity index (χ4v) is 2.51. The fourth-order valence-electron chi connectivity index (χ4n) is 1.35. The number of benzene rings is 1. The molecule has 0 saturated heterocycles. The summed E-state index contributed by atoms with van der Waals surface area (Å²) in [5, 5.41) is 5.11. The monoisotopic (exact) mass is 353 g/mol. The van der Waals surface area contributed by atoms with Crippen molar-refractivity contribution >= 4 is 33.0 Å². The van der Waals surface area contributed by atoms with Gasteiger partial charge < -0.3 is 10.5 Å². The van der Waals surface area contributed by atoms with E-state index in [4.69, 9.17) is 10.5 Å². The first kappa shape index (κ1) is 14.1. The molecule has 2 aromatic rings. The number of alkyl halides is 3. The van der Waals surface area contributed by atoms with E-state index in [2.05, 4.69) is 26.1 Å². The van der Waals surface area contributed by atoms with E-state index in [1.807, 2.05) is 0 Å². The lowest BCUT2D eigenvalue weighted by atomic mass is 10.2. The van der Waals surface area contributed by atoms with Crippen LogP contribution in [-0.4, -0.2) is 10.2 Å². The molecule has 1 heterocycles. The molecule has 0 aliphatic rings. The van der Waals surface area contributed by atoms with Crippen LogP contribution >= 0.6 is 27.3 Å². The Morgan fingerprint density at radius 3 is 2.53 bits per heavy atom. The Morgan fingerprint density at radius 1 is 1.32 bits per heavy atom. The van der Waals surface area contributed by atoms with E-state index in [1.165, 1.54) is 0 Å². The molecule has 1 aromatic carbocycles. The van der Waals surface area contributed by atoms with Crippen LogP contribution in [0.4, 0.5) is 18.9 Å². The summed E-state index contributed by atoms with van der Waals surface area (Å²) in [4.78, 5) is 0. The summed E-state index contributed by atoms with van der Waals surface area (Å²) >= 11 is 3.57. The molecule has 9 heteroatoms. The molecule has 0 amide bonds. The van der Waals surface area contributed by atoms with E-state index < -0.39 is 11.2 Å². The summed E-state index contributed by atoms with van der Waals surface area (Å²) in [6, 6.07) is 3.32. The Labute approximate surface area is 118 Å². The van der Waals surface area contributed by atoms with Gasteiger partial charge in [0.15, 0.2) is 5.75 Å². The maximum atomic E-state index is 12.4. The molecule has 102 valence electrons. The number of nitrogen functional groups attached to an aromatic ring is 1. The number of ether oxygens (including phenoxy) is 1. The largest absolute Gasteiger partial charge is 0.445 e. The molecular weight excluding hydrogens is 347 g/mol. The molecule has 19 heavy (non-hydrogen) atoms. The van der Waals surface area contributed by atoms with Gasteiger partial charge in [-0.3, -0.25) is 0 Å². The highest BCUT2D eigenvalue weighted by Crippen LogP contribution is 2.38. The van der Waals surface area contributed by atoms with E-state index in [9.17, 15) is 13.2 Å². The van der Waals surface area contributed by atoms with Gasteiger partial charge in [-0.2, -0.15) is 13.2 Å². The van der Waals surface area contributed by atoms with Gasteiger partial charge in [0.2, 0.25) is 5.01 Å². The number of aryl methyl sites for hydroxylation is 1. The predicted molar refractivity (Wildman–Crippen MR) is 68.3 cm³/mol. The van der Waals surface area contributed by atoms with Gasteiger partial charge in [-0.25, -0.2) is 0 Å². The van der Waals surface area contributed by atoms with Crippen LogP contribution in [-0.2, 0) is 6.18 Å². The minimum absolute atomic E-state index is 0.204. The highest BCUT2D eigenvalue weighted by Gasteiger charge is 2.36. The summed E-state index contributed by atoms with van der Waals surface area (Å²) in [5.41, 5.74) is 6.72. The average Bonchev–Trinajstić information content (AvgIpc) is 2.71. The van der Waals surface area contributed by atoms with Crippen molar-refractivity contribution in [3.05, 3.63) is 27.2 Å². The van der Waals surface area contributed by atoms with Gasteiger partial charge in [-0.15, -0.1) is 5.10 Å². The Kier molecular flexibility index (Phi) is 3.68. The number of hydrogen-bond donors (Lipinski definition) is 1. The normalized spacial score (nSPS) is 11.6. The van der Waals surface area contributed by atoms with Crippen molar-refractivity contribution in [1.29, 1.82) is 0 Å². The maximum absolute atomic E-state index is 12.4. The second-order valence-corrected chi connectivity index (χ2v) is 5.47. The molecule has 0 saturated carbocycles.